The van der Waals surface area contributed by atoms with E-state index in [9.17, 15) is 27.2 Å². The standard InChI is InChI=1S/C25H21F4N3O4/c1-2-35-22-12-16(10-11-21(22)36-15-17-6-3-4-9-20(17)26)14-30-32-24(34)23(33)31-19-8-5-7-18(13-19)25(27,28)29/h3-14H,2,15H2,1H3,(H,31,33)(H,32,34). The molecule has 0 aliphatic carbocycles. The summed E-state index contributed by atoms with van der Waals surface area (Å²) in [7, 11) is 0. The molecule has 0 saturated heterocycles. The monoisotopic (exact) mass is 503 g/mol. The molecule has 0 aliphatic heterocycles. The molecular formula is C25H21F4N3O4. The third-order valence-corrected chi connectivity index (χ3v) is 4.64. The molecule has 7 nitrogen and oxygen atoms in total. The molecule has 3 aromatic rings. The van der Waals surface area contributed by atoms with E-state index in [1.54, 1.807) is 43.3 Å². The highest BCUT2D eigenvalue weighted by Crippen LogP contribution is 2.31. The molecule has 0 aromatic heterocycles. The van der Waals surface area contributed by atoms with Gasteiger partial charge in [-0.05, 0) is 55.0 Å². The Bertz CT molecular complexity index is 1260. The Labute approximate surface area is 203 Å². The molecule has 36 heavy (non-hydrogen) atoms. The van der Waals surface area contributed by atoms with Gasteiger partial charge in [0.05, 0.1) is 18.4 Å². The van der Waals surface area contributed by atoms with Gasteiger partial charge in [0.1, 0.15) is 12.4 Å². The molecule has 3 aromatic carbocycles. The lowest BCUT2D eigenvalue weighted by Gasteiger charge is -2.13. The van der Waals surface area contributed by atoms with Crippen molar-refractivity contribution >= 4 is 23.7 Å². The molecule has 188 valence electrons. The molecule has 0 spiro atoms. The molecule has 0 bridgehead atoms. The van der Waals surface area contributed by atoms with E-state index in [-0.39, 0.29) is 12.3 Å². The summed E-state index contributed by atoms with van der Waals surface area (Å²) in [6.45, 7) is 2.07. The Morgan fingerprint density at radius 2 is 1.72 bits per heavy atom. The van der Waals surface area contributed by atoms with Gasteiger partial charge < -0.3 is 14.8 Å². The number of carbonyl (C=O) groups excluding carboxylic acids is 2. The van der Waals surface area contributed by atoms with Crippen molar-refractivity contribution in [3.63, 3.8) is 0 Å². The number of nitrogens with zero attached hydrogens (tertiary/aromatic N) is 1. The van der Waals surface area contributed by atoms with E-state index in [1.165, 1.54) is 18.3 Å². The summed E-state index contributed by atoms with van der Waals surface area (Å²) in [5, 5.41) is 5.77. The van der Waals surface area contributed by atoms with Gasteiger partial charge in [0.15, 0.2) is 11.5 Å². The van der Waals surface area contributed by atoms with Gasteiger partial charge in [-0.2, -0.15) is 18.3 Å². The predicted molar refractivity (Wildman–Crippen MR) is 124 cm³/mol. The van der Waals surface area contributed by atoms with Crippen molar-refractivity contribution in [1.82, 2.24) is 5.43 Å². The highest BCUT2D eigenvalue weighted by molar-refractivity contribution is 6.39. The molecule has 0 atom stereocenters. The maximum absolute atomic E-state index is 13.8. The summed E-state index contributed by atoms with van der Waals surface area (Å²) in [4.78, 5) is 23.9. The van der Waals surface area contributed by atoms with E-state index in [2.05, 4.69) is 10.4 Å². The summed E-state index contributed by atoms with van der Waals surface area (Å²) in [5.74, 6) is -2.06. The maximum atomic E-state index is 13.8. The van der Waals surface area contributed by atoms with E-state index in [0.717, 1.165) is 12.1 Å². The van der Waals surface area contributed by atoms with Crippen molar-refractivity contribution in [2.45, 2.75) is 19.7 Å². The third-order valence-electron chi connectivity index (χ3n) is 4.64. The molecule has 11 heteroatoms. The molecule has 0 aliphatic rings. The Hall–Kier alpha value is -4.41. The lowest BCUT2D eigenvalue weighted by atomic mass is 10.2. The number of halogens is 4. The summed E-state index contributed by atoms with van der Waals surface area (Å²) in [6, 6.07) is 14.8. The Kier molecular flexibility index (Phi) is 8.61. The maximum Gasteiger partial charge on any atom is 0.416 e. The Balaban J connectivity index is 1.60. The molecule has 2 amide bonds. The topological polar surface area (TPSA) is 89.0 Å². The van der Waals surface area contributed by atoms with Gasteiger partial charge >= 0.3 is 18.0 Å². The van der Waals surface area contributed by atoms with Gasteiger partial charge in [-0.25, -0.2) is 9.82 Å². The number of rotatable bonds is 8. The second-order valence-electron chi connectivity index (χ2n) is 7.25. The van der Waals surface area contributed by atoms with Crippen LogP contribution in [0.4, 0.5) is 23.2 Å². The zero-order valence-electron chi connectivity index (χ0n) is 18.9. The van der Waals surface area contributed by atoms with Crippen molar-refractivity contribution in [3.05, 3.63) is 89.2 Å². The zero-order chi connectivity index (χ0) is 26.1. The number of hydrogen-bond acceptors (Lipinski definition) is 5. The highest BCUT2D eigenvalue weighted by Gasteiger charge is 2.30. The molecule has 2 N–H and O–H groups in total. The number of nitrogens with one attached hydrogen (secondary N) is 2. The van der Waals surface area contributed by atoms with E-state index < -0.39 is 29.4 Å². The molecule has 3 rings (SSSR count). The van der Waals surface area contributed by atoms with Gasteiger partial charge in [-0.3, -0.25) is 9.59 Å². The fraction of sp³-hybridized carbons (Fsp3) is 0.160. The van der Waals surface area contributed by atoms with Crippen LogP contribution in [0.3, 0.4) is 0 Å². The average molecular weight is 503 g/mol. The molecule has 0 unspecified atom stereocenters. The van der Waals surface area contributed by atoms with E-state index in [4.69, 9.17) is 9.47 Å². The minimum absolute atomic E-state index is 0.0166. The largest absolute Gasteiger partial charge is 0.490 e. The molecule has 0 heterocycles. The van der Waals surface area contributed by atoms with Crippen LogP contribution in [0.1, 0.15) is 23.6 Å². The van der Waals surface area contributed by atoms with Crippen molar-refractivity contribution in [3.8, 4) is 11.5 Å². The van der Waals surface area contributed by atoms with Gasteiger partial charge in [-0.1, -0.05) is 24.3 Å². The smallest absolute Gasteiger partial charge is 0.416 e. The van der Waals surface area contributed by atoms with Crippen LogP contribution in [-0.2, 0) is 22.4 Å². The van der Waals surface area contributed by atoms with Crippen molar-refractivity contribution in [2.75, 3.05) is 11.9 Å². The number of alkyl halides is 3. The second-order valence-corrected chi connectivity index (χ2v) is 7.25. The first-order valence-electron chi connectivity index (χ1n) is 10.6. The lowest BCUT2D eigenvalue weighted by molar-refractivity contribution is -0.137. The number of ether oxygens (including phenoxy) is 2. The number of hydrogen-bond donors (Lipinski definition) is 2. The Morgan fingerprint density at radius 1 is 0.944 bits per heavy atom. The quantitative estimate of drug-likeness (QED) is 0.198. The van der Waals surface area contributed by atoms with Crippen molar-refractivity contribution in [2.24, 2.45) is 5.10 Å². The van der Waals surface area contributed by atoms with Gasteiger partial charge in [0, 0.05) is 11.3 Å². The normalized spacial score (nSPS) is 11.2. The average Bonchev–Trinajstić information content (AvgIpc) is 2.84. The molecule has 0 fully saturated rings. The van der Waals surface area contributed by atoms with Crippen LogP contribution < -0.4 is 20.2 Å². The summed E-state index contributed by atoms with van der Waals surface area (Å²) in [5.41, 5.74) is 1.69. The summed E-state index contributed by atoms with van der Waals surface area (Å²) in [6.07, 6.45) is -3.36. The third kappa shape index (κ3) is 7.29. The lowest BCUT2D eigenvalue weighted by Crippen LogP contribution is -2.32. The number of carbonyl (C=O) groups is 2. The van der Waals surface area contributed by atoms with Crippen LogP contribution in [0.25, 0.3) is 0 Å². The van der Waals surface area contributed by atoms with Crippen LogP contribution in [0.2, 0.25) is 0 Å². The minimum atomic E-state index is -4.59. The van der Waals surface area contributed by atoms with Crippen LogP contribution >= 0.6 is 0 Å². The second kappa shape index (κ2) is 11.8. The number of amides is 2. The van der Waals surface area contributed by atoms with E-state index >= 15 is 0 Å². The van der Waals surface area contributed by atoms with Gasteiger partial charge in [0.25, 0.3) is 0 Å². The van der Waals surface area contributed by atoms with Gasteiger partial charge in [-0.15, -0.1) is 0 Å². The summed E-state index contributed by atoms with van der Waals surface area (Å²) < 4.78 is 63.4. The SMILES string of the molecule is CCOc1cc(C=NNC(=O)C(=O)Nc2cccc(C(F)(F)F)c2)ccc1OCc1ccccc1F. The van der Waals surface area contributed by atoms with E-state index in [0.29, 0.717) is 35.3 Å². The predicted octanol–water partition coefficient (Wildman–Crippen LogP) is 4.91. The first-order chi connectivity index (χ1) is 17.2. The van der Waals surface area contributed by atoms with Crippen LogP contribution in [0.15, 0.2) is 71.8 Å². The molecule has 0 saturated carbocycles. The van der Waals surface area contributed by atoms with Gasteiger partial charge in [0.2, 0.25) is 0 Å². The molecule has 0 radical (unpaired) electrons. The number of anilines is 1. The fourth-order valence-corrected chi connectivity index (χ4v) is 2.94. The van der Waals surface area contributed by atoms with Crippen LogP contribution in [0, 0.1) is 5.82 Å². The van der Waals surface area contributed by atoms with Crippen LogP contribution in [0.5, 0.6) is 11.5 Å². The van der Waals surface area contributed by atoms with Crippen molar-refractivity contribution < 1.29 is 36.6 Å². The Morgan fingerprint density at radius 3 is 2.44 bits per heavy atom. The van der Waals surface area contributed by atoms with Crippen LogP contribution in [-0.4, -0.2) is 24.6 Å². The summed E-state index contributed by atoms with van der Waals surface area (Å²) >= 11 is 0. The van der Waals surface area contributed by atoms with Crippen molar-refractivity contribution in [1.29, 1.82) is 0 Å². The first-order valence-corrected chi connectivity index (χ1v) is 10.6. The zero-order valence-corrected chi connectivity index (χ0v) is 18.9. The molecular weight excluding hydrogens is 482 g/mol. The minimum Gasteiger partial charge on any atom is -0.490 e. The fourth-order valence-electron chi connectivity index (χ4n) is 2.94. The first kappa shape index (κ1) is 26.2. The highest BCUT2D eigenvalue weighted by atomic mass is 19.4. The number of benzene rings is 3. The number of hydrazone groups is 1. The van der Waals surface area contributed by atoms with E-state index in [1.807, 2.05) is 5.43 Å².